The van der Waals surface area contributed by atoms with E-state index in [9.17, 15) is 37.5 Å². The number of benzene rings is 1. The average Bonchev–Trinajstić information content (AvgIpc) is 3.46. The van der Waals surface area contributed by atoms with Crippen LogP contribution in [0.4, 0.5) is 13.2 Å². The van der Waals surface area contributed by atoms with Gasteiger partial charge in [-0.15, -0.1) is 0 Å². The lowest BCUT2D eigenvalue weighted by molar-refractivity contribution is -0.278. The molecule has 14 heteroatoms. The van der Waals surface area contributed by atoms with Crippen LogP contribution < -0.4 is 0 Å². The molecule has 11 nitrogen and oxygen atoms in total. The monoisotopic (exact) mass is 768 g/mol. The number of aliphatic hydroxyl groups is 1. The number of hydrogen-bond donors (Lipinski definition) is 1. The van der Waals surface area contributed by atoms with Crippen LogP contribution in [0.5, 0.6) is 0 Å². The van der Waals surface area contributed by atoms with Crippen LogP contribution in [0, 0.1) is 23.7 Å². The van der Waals surface area contributed by atoms with Crippen LogP contribution in [-0.2, 0) is 53.2 Å². The number of hydrogen-bond acceptors (Lipinski definition) is 11. The molecule has 0 spiro atoms. The van der Waals surface area contributed by atoms with Crippen molar-refractivity contribution in [1.29, 1.82) is 0 Å². The Kier molecular flexibility index (Phi) is 13.4. The summed E-state index contributed by atoms with van der Waals surface area (Å²) in [4.78, 5) is 52.8. The van der Waals surface area contributed by atoms with Gasteiger partial charge in [-0.1, -0.05) is 64.6 Å². The van der Waals surface area contributed by atoms with Crippen molar-refractivity contribution in [2.45, 2.75) is 147 Å². The molecule has 2 saturated heterocycles. The first-order valence-electron chi connectivity index (χ1n) is 18.7. The molecular formula is C40H55F3O11. The highest BCUT2D eigenvalue weighted by molar-refractivity contribution is 5.83. The summed E-state index contributed by atoms with van der Waals surface area (Å²) in [5.41, 5.74) is -7.16. The lowest BCUT2D eigenvalue weighted by atomic mass is 9.55. The molecule has 0 amide bonds. The van der Waals surface area contributed by atoms with E-state index in [0.29, 0.717) is 12.8 Å². The Balaban J connectivity index is 1.86. The van der Waals surface area contributed by atoms with E-state index in [0.717, 1.165) is 19.2 Å². The van der Waals surface area contributed by atoms with Crippen molar-refractivity contribution in [2.24, 2.45) is 23.7 Å². The third kappa shape index (κ3) is 8.21. The zero-order valence-corrected chi connectivity index (χ0v) is 32.4. The second kappa shape index (κ2) is 16.7. The van der Waals surface area contributed by atoms with Gasteiger partial charge in [0, 0.05) is 50.2 Å². The fourth-order valence-electron chi connectivity index (χ4n) is 8.94. The first kappa shape index (κ1) is 43.2. The highest BCUT2D eigenvalue weighted by Crippen LogP contribution is 2.59. The summed E-state index contributed by atoms with van der Waals surface area (Å²) >= 11 is 0. The molecule has 54 heavy (non-hydrogen) atoms. The van der Waals surface area contributed by atoms with Crippen molar-refractivity contribution in [1.82, 2.24) is 0 Å². The summed E-state index contributed by atoms with van der Waals surface area (Å²) in [6, 6.07) is 6.44. The second-order valence-corrected chi connectivity index (χ2v) is 15.6. The van der Waals surface area contributed by atoms with Crippen molar-refractivity contribution in [2.75, 3.05) is 7.11 Å². The minimum Gasteiger partial charge on any atom is -0.458 e. The Labute approximate surface area is 315 Å². The van der Waals surface area contributed by atoms with Crippen LogP contribution in [0.15, 0.2) is 42.5 Å². The third-order valence-electron chi connectivity index (χ3n) is 11.3. The zero-order valence-electron chi connectivity index (χ0n) is 32.4. The first-order valence-corrected chi connectivity index (χ1v) is 18.7. The number of alkyl halides is 3. The zero-order chi connectivity index (χ0) is 40.4. The van der Waals surface area contributed by atoms with Gasteiger partial charge in [0.2, 0.25) is 0 Å². The minimum atomic E-state index is -5.23. The maximum Gasteiger partial charge on any atom is 0.432 e. The predicted octanol–water partition coefficient (Wildman–Crippen LogP) is 6.52. The fourth-order valence-corrected chi connectivity index (χ4v) is 8.94. The maximum atomic E-state index is 14.9. The molecule has 0 unspecified atom stereocenters. The Morgan fingerprint density at radius 2 is 1.61 bits per heavy atom. The average molecular weight is 769 g/mol. The van der Waals surface area contributed by atoms with E-state index in [-0.39, 0.29) is 43.6 Å². The molecule has 0 aromatic heterocycles. The lowest BCUT2D eigenvalue weighted by Crippen LogP contribution is -2.68. The third-order valence-corrected chi connectivity index (χ3v) is 11.3. The van der Waals surface area contributed by atoms with Crippen LogP contribution in [0.2, 0.25) is 0 Å². The van der Waals surface area contributed by atoms with Crippen molar-refractivity contribution < 1.29 is 65.9 Å². The summed E-state index contributed by atoms with van der Waals surface area (Å²) in [5, 5.41) is 12.6. The van der Waals surface area contributed by atoms with Gasteiger partial charge < -0.3 is 33.5 Å². The maximum absolute atomic E-state index is 14.9. The number of ether oxygens (including phenoxy) is 6. The summed E-state index contributed by atoms with van der Waals surface area (Å²) in [6.45, 7) is 15.9. The fraction of sp³-hybridized carbons (Fsp3) is 0.700. The molecule has 4 rings (SSSR count). The molecule has 1 aliphatic carbocycles. The Bertz CT molecular complexity index is 1530. The summed E-state index contributed by atoms with van der Waals surface area (Å²) in [6.07, 6.45) is -10.1. The van der Waals surface area contributed by atoms with Gasteiger partial charge in [0.05, 0.1) is 6.10 Å². The highest BCUT2D eigenvalue weighted by Gasteiger charge is 2.70. The minimum absolute atomic E-state index is 0.0432. The normalized spacial score (nSPS) is 33.7. The van der Waals surface area contributed by atoms with Crippen LogP contribution in [0.1, 0.15) is 99.0 Å². The molecule has 2 bridgehead atoms. The van der Waals surface area contributed by atoms with Gasteiger partial charge in [-0.2, -0.15) is 13.2 Å². The van der Waals surface area contributed by atoms with Crippen LogP contribution in [-0.4, -0.2) is 84.0 Å². The van der Waals surface area contributed by atoms with Crippen molar-refractivity contribution in [3.05, 3.63) is 48.0 Å². The van der Waals surface area contributed by atoms with Gasteiger partial charge >= 0.3 is 30.1 Å². The standard InChI is InChI=1S/C40H55F3O11/c1-10-15-28(45)53-35-33(50-24(6)44)30(22(3)4)31-32(38(35,8)48)27-21-23(5)26(19-20-37(7,34(31)51-27)54-29(46)16-11-2)52-36(47)39(49-9,40(41,42)43)25-17-13-12-14-18-25/h12-14,17-18,22,26-27,30-35,48H,5,10-11,15-16,19-21H2,1-4,6-9H3/t26-,27+,30+,31+,32+,33-,34+,35+,37+,38-,39-/m0/s1. The number of esters is 4. The number of halogens is 3. The topological polar surface area (TPSA) is 144 Å². The highest BCUT2D eigenvalue weighted by atomic mass is 19.4. The quantitative estimate of drug-likeness (QED) is 0.141. The van der Waals surface area contributed by atoms with Gasteiger partial charge in [-0.25, -0.2) is 4.79 Å². The SMILES string of the molecule is C=C1C[C@H]2O[C@H]([C@@H]3[C@@H](C(C)C)[C@H](OC(C)=O)[C@@H](OC(=O)CCC)[C@@](C)(O)[C@@H]32)[C@](C)(OC(=O)CCC)CC[C@@H]1OC(=O)[C@@](OC)(c1ccccc1)C(F)(F)F. The summed E-state index contributed by atoms with van der Waals surface area (Å²) < 4.78 is 80.2. The van der Waals surface area contributed by atoms with E-state index in [4.69, 9.17) is 28.4 Å². The smallest absolute Gasteiger partial charge is 0.432 e. The van der Waals surface area contributed by atoms with E-state index in [1.807, 2.05) is 13.8 Å². The van der Waals surface area contributed by atoms with Crippen molar-refractivity contribution in [3.63, 3.8) is 0 Å². The first-order chi connectivity index (χ1) is 25.2. The molecule has 302 valence electrons. The number of fused-ring (bicyclic) bond motifs is 5. The lowest BCUT2D eigenvalue weighted by Gasteiger charge is -2.55. The molecule has 1 aromatic carbocycles. The van der Waals surface area contributed by atoms with Gasteiger partial charge in [-0.3, -0.25) is 14.4 Å². The molecule has 2 aliphatic heterocycles. The van der Waals surface area contributed by atoms with Crippen LogP contribution >= 0.6 is 0 Å². The van der Waals surface area contributed by atoms with Gasteiger partial charge in [0.25, 0.3) is 5.60 Å². The van der Waals surface area contributed by atoms with Crippen molar-refractivity contribution in [3.8, 4) is 0 Å². The molecule has 1 aromatic rings. The molecule has 3 fully saturated rings. The molecule has 2 heterocycles. The number of rotatable bonds is 12. The molecule has 1 saturated carbocycles. The van der Waals surface area contributed by atoms with E-state index < -0.39 is 101 Å². The molecule has 0 radical (unpaired) electrons. The second-order valence-electron chi connectivity index (χ2n) is 15.6. The van der Waals surface area contributed by atoms with Gasteiger partial charge in [0.1, 0.15) is 29.5 Å². The van der Waals surface area contributed by atoms with E-state index in [2.05, 4.69) is 6.58 Å². The molecule has 11 atom stereocenters. The molecule has 1 N–H and O–H groups in total. The van der Waals surface area contributed by atoms with Crippen molar-refractivity contribution >= 4 is 23.9 Å². The Hall–Kier alpha value is -3.49. The van der Waals surface area contributed by atoms with E-state index in [1.165, 1.54) is 32.0 Å². The van der Waals surface area contributed by atoms with E-state index >= 15 is 0 Å². The summed E-state index contributed by atoms with van der Waals surface area (Å²) in [5.74, 6) is -5.86. The van der Waals surface area contributed by atoms with Crippen LogP contribution in [0.25, 0.3) is 0 Å². The predicted molar refractivity (Wildman–Crippen MR) is 188 cm³/mol. The number of carbonyl (C=O) groups excluding carboxylic acids is 4. The number of methoxy groups -OCH3 is 1. The molecule has 3 aliphatic rings. The number of carbonyl (C=O) groups is 4. The molecular weight excluding hydrogens is 713 g/mol. The summed E-state index contributed by atoms with van der Waals surface area (Å²) in [7, 11) is 0.778. The van der Waals surface area contributed by atoms with Gasteiger partial charge in [-0.05, 0) is 57.4 Å². The van der Waals surface area contributed by atoms with E-state index in [1.54, 1.807) is 20.8 Å². The Morgan fingerprint density at radius 1 is 1.00 bits per heavy atom. The van der Waals surface area contributed by atoms with Crippen LogP contribution in [0.3, 0.4) is 0 Å². The Morgan fingerprint density at radius 3 is 2.15 bits per heavy atom. The van der Waals surface area contributed by atoms with Gasteiger partial charge in [0.15, 0.2) is 6.10 Å². The largest absolute Gasteiger partial charge is 0.458 e.